The first-order valence-corrected chi connectivity index (χ1v) is 6.46. The van der Waals surface area contributed by atoms with Crippen LogP contribution in [0.4, 0.5) is 10.5 Å². The molecule has 110 valence electrons. The molecule has 0 bridgehead atoms. The molecule has 0 unspecified atom stereocenters. The van der Waals surface area contributed by atoms with Crippen LogP contribution >= 0.6 is 0 Å². The molecule has 0 aliphatic heterocycles. The third-order valence-electron chi connectivity index (χ3n) is 3.05. The number of nitrogens with one attached hydrogen (secondary N) is 3. The van der Waals surface area contributed by atoms with Gasteiger partial charge in [-0.05, 0) is 18.1 Å². The number of aryl methyl sites for hydroxylation is 1. The Morgan fingerprint density at radius 3 is 2.76 bits per heavy atom. The fourth-order valence-electron chi connectivity index (χ4n) is 2.10. The number of urea groups is 1. The van der Waals surface area contributed by atoms with E-state index < -0.39 is 12.1 Å². The number of benzene rings is 1. The van der Waals surface area contributed by atoms with E-state index in [-0.39, 0.29) is 12.3 Å². The van der Waals surface area contributed by atoms with Crippen molar-refractivity contribution in [2.24, 2.45) is 5.73 Å². The van der Waals surface area contributed by atoms with Crippen molar-refractivity contribution in [1.29, 1.82) is 0 Å². The van der Waals surface area contributed by atoms with Crippen LogP contribution < -0.4 is 16.4 Å². The summed E-state index contributed by atoms with van der Waals surface area (Å²) < 4.78 is 0. The highest BCUT2D eigenvalue weighted by Crippen LogP contribution is 2.21. The molecule has 21 heavy (non-hydrogen) atoms. The maximum Gasteiger partial charge on any atom is 0.312 e. The van der Waals surface area contributed by atoms with Crippen molar-refractivity contribution in [1.82, 2.24) is 15.5 Å². The van der Waals surface area contributed by atoms with Crippen molar-refractivity contribution >= 4 is 17.6 Å². The summed E-state index contributed by atoms with van der Waals surface area (Å²) in [5, 5.41) is 11.6. The van der Waals surface area contributed by atoms with E-state index in [2.05, 4.69) is 20.8 Å². The summed E-state index contributed by atoms with van der Waals surface area (Å²) in [7, 11) is 0. The zero-order valence-electron chi connectivity index (χ0n) is 11.6. The molecule has 5 N–H and O–H groups in total. The topological polar surface area (TPSA) is 113 Å². The Balaban J connectivity index is 2.11. The van der Waals surface area contributed by atoms with Crippen LogP contribution in [0, 0.1) is 6.92 Å². The number of amides is 3. The average molecular weight is 287 g/mol. The molecule has 1 heterocycles. The lowest BCUT2D eigenvalue weighted by Gasteiger charge is -2.19. The van der Waals surface area contributed by atoms with Gasteiger partial charge in [0.2, 0.25) is 5.91 Å². The minimum Gasteiger partial charge on any atom is -0.352 e. The van der Waals surface area contributed by atoms with Crippen molar-refractivity contribution in [2.45, 2.75) is 19.4 Å². The molecule has 0 radical (unpaired) electrons. The normalized spacial score (nSPS) is 11.7. The Hall–Kier alpha value is -2.83. The zero-order chi connectivity index (χ0) is 15.2. The molecule has 1 atom stereocenters. The number of carbonyl (C=O) groups is 2. The Morgan fingerprint density at radius 2 is 2.14 bits per heavy atom. The van der Waals surface area contributed by atoms with Gasteiger partial charge in [-0.25, -0.2) is 4.79 Å². The molecule has 0 aliphatic carbocycles. The number of aromatic amines is 1. The quantitative estimate of drug-likeness (QED) is 0.667. The van der Waals surface area contributed by atoms with Crippen LogP contribution in [0.15, 0.2) is 36.7 Å². The largest absolute Gasteiger partial charge is 0.352 e. The summed E-state index contributed by atoms with van der Waals surface area (Å²) in [5.41, 5.74) is 7.61. The van der Waals surface area contributed by atoms with E-state index in [1.54, 1.807) is 6.20 Å². The van der Waals surface area contributed by atoms with Gasteiger partial charge in [-0.2, -0.15) is 5.10 Å². The number of nitrogens with two attached hydrogens (primary N) is 1. The molecule has 3 amide bonds. The van der Waals surface area contributed by atoms with Crippen molar-refractivity contribution < 1.29 is 9.59 Å². The van der Waals surface area contributed by atoms with Gasteiger partial charge in [0, 0.05) is 6.20 Å². The smallest absolute Gasteiger partial charge is 0.312 e. The molecular formula is C14H17N5O2. The third kappa shape index (κ3) is 4.07. The van der Waals surface area contributed by atoms with E-state index in [0.29, 0.717) is 5.69 Å². The molecule has 1 aromatic heterocycles. The number of carbonyl (C=O) groups excluding carboxylic acids is 2. The predicted molar refractivity (Wildman–Crippen MR) is 78.5 cm³/mol. The van der Waals surface area contributed by atoms with E-state index in [1.165, 1.54) is 6.20 Å². The first-order valence-electron chi connectivity index (χ1n) is 6.46. The van der Waals surface area contributed by atoms with Crippen LogP contribution in [0.1, 0.15) is 23.6 Å². The highest BCUT2D eigenvalue weighted by Gasteiger charge is 2.19. The second kappa shape index (κ2) is 6.56. The number of nitrogens with zero attached hydrogens (tertiary/aromatic N) is 1. The van der Waals surface area contributed by atoms with Gasteiger partial charge in [0.05, 0.1) is 24.3 Å². The molecule has 0 spiro atoms. The Morgan fingerprint density at radius 1 is 1.38 bits per heavy atom. The molecule has 0 aliphatic rings. The van der Waals surface area contributed by atoms with E-state index >= 15 is 0 Å². The highest BCUT2D eigenvalue weighted by molar-refractivity contribution is 5.91. The first-order chi connectivity index (χ1) is 10.1. The van der Waals surface area contributed by atoms with Crippen LogP contribution in [0.25, 0.3) is 0 Å². The number of hydrogen-bond donors (Lipinski definition) is 4. The second-order valence-corrected chi connectivity index (χ2v) is 4.66. The van der Waals surface area contributed by atoms with Crippen molar-refractivity contribution in [2.75, 3.05) is 5.32 Å². The maximum absolute atomic E-state index is 12.0. The summed E-state index contributed by atoms with van der Waals surface area (Å²) >= 11 is 0. The maximum atomic E-state index is 12.0. The van der Waals surface area contributed by atoms with E-state index in [4.69, 9.17) is 5.73 Å². The molecule has 7 nitrogen and oxygen atoms in total. The SMILES string of the molecule is Cc1ccccc1[C@@H](CC(=O)Nc1cn[nH]c1)NC(N)=O. The van der Waals surface area contributed by atoms with Gasteiger partial charge in [-0.15, -0.1) is 0 Å². The Labute approximate surface area is 121 Å². The fraction of sp³-hybridized carbons (Fsp3) is 0.214. The molecule has 0 saturated carbocycles. The Bertz CT molecular complexity index is 624. The van der Waals surface area contributed by atoms with Gasteiger partial charge in [0.15, 0.2) is 0 Å². The lowest BCUT2D eigenvalue weighted by atomic mass is 9.98. The Kier molecular flexibility index (Phi) is 4.55. The molecule has 1 aromatic carbocycles. The van der Waals surface area contributed by atoms with E-state index in [9.17, 15) is 9.59 Å². The summed E-state index contributed by atoms with van der Waals surface area (Å²) in [5.74, 6) is -0.238. The van der Waals surface area contributed by atoms with Crippen LogP contribution in [-0.2, 0) is 4.79 Å². The third-order valence-corrected chi connectivity index (χ3v) is 3.05. The number of aromatic nitrogens is 2. The van der Waals surface area contributed by atoms with Crippen LogP contribution in [0.3, 0.4) is 0 Å². The van der Waals surface area contributed by atoms with E-state index in [0.717, 1.165) is 11.1 Å². The van der Waals surface area contributed by atoms with Crippen molar-refractivity contribution in [3.8, 4) is 0 Å². The van der Waals surface area contributed by atoms with Gasteiger partial charge in [-0.1, -0.05) is 24.3 Å². The van der Waals surface area contributed by atoms with Crippen LogP contribution in [0.2, 0.25) is 0 Å². The summed E-state index contributed by atoms with van der Waals surface area (Å²) in [4.78, 5) is 23.2. The van der Waals surface area contributed by atoms with Crippen LogP contribution in [0.5, 0.6) is 0 Å². The first kappa shape index (κ1) is 14.6. The minimum absolute atomic E-state index is 0.0823. The second-order valence-electron chi connectivity index (χ2n) is 4.66. The zero-order valence-corrected chi connectivity index (χ0v) is 11.6. The summed E-state index contributed by atoms with van der Waals surface area (Å²) in [6.07, 6.45) is 3.16. The molecule has 0 fully saturated rings. The van der Waals surface area contributed by atoms with Crippen LogP contribution in [-0.4, -0.2) is 22.1 Å². The lowest BCUT2D eigenvalue weighted by Crippen LogP contribution is -2.35. The number of primary amides is 1. The van der Waals surface area contributed by atoms with E-state index in [1.807, 2.05) is 31.2 Å². The van der Waals surface area contributed by atoms with Gasteiger partial charge in [0.1, 0.15) is 0 Å². The number of hydrogen-bond acceptors (Lipinski definition) is 3. The fourth-order valence-corrected chi connectivity index (χ4v) is 2.10. The molecule has 7 heteroatoms. The average Bonchev–Trinajstić information content (AvgIpc) is 2.90. The van der Waals surface area contributed by atoms with Crippen molar-refractivity contribution in [3.63, 3.8) is 0 Å². The molecule has 2 rings (SSSR count). The summed E-state index contributed by atoms with van der Waals surface area (Å²) in [6.45, 7) is 1.92. The van der Waals surface area contributed by atoms with Gasteiger partial charge >= 0.3 is 6.03 Å². The molecule has 2 aromatic rings. The van der Waals surface area contributed by atoms with Crippen molar-refractivity contribution in [3.05, 3.63) is 47.8 Å². The molecular weight excluding hydrogens is 270 g/mol. The molecule has 0 saturated heterocycles. The minimum atomic E-state index is -0.667. The van der Waals surface area contributed by atoms with Gasteiger partial charge in [0.25, 0.3) is 0 Å². The van der Waals surface area contributed by atoms with Gasteiger partial charge < -0.3 is 16.4 Å². The number of H-pyrrole nitrogens is 1. The highest BCUT2D eigenvalue weighted by atomic mass is 16.2. The predicted octanol–water partition coefficient (Wildman–Crippen LogP) is 1.46. The summed E-state index contributed by atoms with van der Waals surface area (Å²) in [6, 6.07) is 6.38. The number of rotatable bonds is 5. The monoisotopic (exact) mass is 287 g/mol. The lowest BCUT2D eigenvalue weighted by molar-refractivity contribution is -0.116. The standard InChI is InChI=1S/C14H17N5O2/c1-9-4-2-3-5-11(9)12(19-14(15)21)6-13(20)18-10-7-16-17-8-10/h2-5,7-8,12H,6H2,1H3,(H,16,17)(H,18,20)(H3,15,19,21)/t12-/m1/s1. The number of anilines is 1. The van der Waals surface area contributed by atoms with Gasteiger partial charge in [-0.3, -0.25) is 9.89 Å².